The highest BCUT2D eigenvalue weighted by molar-refractivity contribution is 5.76. The van der Waals surface area contributed by atoms with E-state index in [1.54, 1.807) is 4.90 Å². The number of carbonyl (C=O) groups excluding carboxylic acids is 1. The predicted octanol–water partition coefficient (Wildman–Crippen LogP) is 2.79. The van der Waals surface area contributed by atoms with Crippen LogP contribution in [-0.2, 0) is 17.4 Å². The van der Waals surface area contributed by atoms with Crippen molar-refractivity contribution in [3.8, 4) is 17.3 Å². The van der Waals surface area contributed by atoms with Crippen LogP contribution in [0.25, 0.3) is 11.3 Å². The van der Waals surface area contributed by atoms with Gasteiger partial charge in [-0.05, 0) is 37.6 Å². The van der Waals surface area contributed by atoms with Gasteiger partial charge in [-0.25, -0.2) is 9.97 Å². The lowest BCUT2D eigenvalue weighted by molar-refractivity contribution is -0.137. The van der Waals surface area contributed by atoms with E-state index in [1.807, 2.05) is 6.07 Å². The molecule has 1 fully saturated rings. The van der Waals surface area contributed by atoms with E-state index in [9.17, 15) is 23.2 Å². The highest BCUT2D eigenvalue weighted by Crippen LogP contribution is 2.31. The number of nitrogens with one attached hydrogen (secondary N) is 1. The summed E-state index contributed by atoms with van der Waals surface area (Å²) < 4.78 is 39.0. The molecule has 0 radical (unpaired) electrons. The summed E-state index contributed by atoms with van der Waals surface area (Å²) in [5, 5.41) is 12.4. The first-order valence-electron chi connectivity index (χ1n) is 9.31. The lowest BCUT2D eigenvalue weighted by Crippen LogP contribution is -2.34. The highest BCUT2D eigenvalue weighted by atomic mass is 19.4. The number of nitrogens with zero attached hydrogens (tertiary/aromatic N) is 4. The van der Waals surface area contributed by atoms with Crippen LogP contribution in [-0.4, -0.2) is 47.0 Å². The number of rotatable bonds is 4. The number of nitriles is 1. The number of aryl methyl sites for hydroxylation is 1. The third-order valence-electron chi connectivity index (χ3n) is 4.65. The molecule has 0 unspecified atom stereocenters. The van der Waals surface area contributed by atoms with Gasteiger partial charge in [-0.2, -0.15) is 18.4 Å². The van der Waals surface area contributed by atoms with Crippen molar-refractivity contribution in [3.63, 3.8) is 0 Å². The molecular formula is C20H20F3N5O. The largest absolute Gasteiger partial charge is 0.416 e. The minimum absolute atomic E-state index is 0.00793. The van der Waals surface area contributed by atoms with Crippen LogP contribution < -0.4 is 5.32 Å². The first kappa shape index (κ1) is 20.7. The van der Waals surface area contributed by atoms with Crippen molar-refractivity contribution in [3.05, 3.63) is 47.4 Å². The predicted molar refractivity (Wildman–Crippen MR) is 99.6 cm³/mol. The molecule has 2 aromatic rings. The smallest absolute Gasteiger partial charge is 0.341 e. The summed E-state index contributed by atoms with van der Waals surface area (Å²) in [4.78, 5) is 22.4. The van der Waals surface area contributed by atoms with E-state index >= 15 is 0 Å². The summed E-state index contributed by atoms with van der Waals surface area (Å²) >= 11 is 0. The summed E-state index contributed by atoms with van der Waals surface area (Å²) in [6.45, 7) is 2.95. The highest BCUT2D eigenvalue weighted by Gasteiger charge is 2.30. The third kappa shape index (κ3) is 5.51. The second-order valence-electron chi connectivity index (χ2n) is 6.74. The van der Waals surface area contributed by atoms with E-state index in [4.69, 9.17) is 0 Å². The molecule has 0 bridgehead atoms. The summed E-state index contributed by atoms with van der Waals surface area (Å²) in [6, 6.07) is 8.13. The SMILES string of the molecule is N#Cc1nc(CCC(=O)N2CCCNCC2)cc(-c2cccc(C(F)(F)F)c2)n1. The van der Waals surface area contributed by atoms with Crippen molar-refractivity contribution >= 4 is 5.91 Å². The Morgan fingerprint density at radius 3 is 2.79 bits per heavy atom. The number of amides is 1. The molecule has 1 aliphatic rings. The van der Waals surface area contributed by atoms with E-state index in [0.717, 1.165) is 31.6 Å². The number of hydrogen-bond donors (Lipinski definition) is 1. The Bertz CT molecular complexity index is 915. The van der Waals surface area contributed by atoms with Gasteiger partial charge in [-0.1, -0.05) is 12.1 Å². The molecule has 1 amide bonds. The maximum atomic E-state index is 13.0. The van der Waals surface area contributed by atoms with Crippen LogP contribution in [0.15, 0.2) is 30.3 Å². The van der Waals surface area contributed by atoms with Crippen LogP contribution in [0, 0.1) is 11.3 Å². The van der Waals surface area contributed by atoms with Gasteiger partial charge < -0.3 is 10.2 Å². The molecule has 1 aromatic heterocycles. The van der Waals surface area contributed by atoms with Crippen molar-refractivity contribution in [1.29, 1.82) is 5.26 Å². The number of carbonyl (C=O) groups is 1. The average Bonchev–Trinajstić information content (AvgIpc) is 3.01. The summed E-state index contributed by atoms with van der Waals surface area (Å²) in [7, 11) is 0. The monoisotopic (exact) mass is 403 g/mol. The topological polar surface area (TPSA) is 81.9 Å². The van der Waals surface area contributed by atoms with Crippen LogP contribution in [0.2, 0.25) is 0 Å². The third-order valence-corrected chi connectivity index (χ3v) is 4.65. The Morgan fingerprint density at radius 2 is 2.03 bits per heavy atom. The Kier molecular flexibility index (Phi) is 6.44. The van der Waals surface area contributed by atoms with E-state index in [-0.39, 0.29) is 35.8 Å². The molecule has 3 rings (SSSR count). The van der Waals surface area contributed by atoms with Gasteiger partial charge in [0.05, 0.1) is 11.3 Å². The second kappa shape index (κ2) is 9.01. The first-order valence-corrected chi connectivity index (χ1v) is 9.31. The van der Waals surface area contributed by atoms with Crippen LogP contribution >= 0.6 is 0 Å². The average molecular weight is 403 g/mol. The molecule has 152 valence electrons. The van der Waals surface area contributed by atoms with Crippen molar-refractivity contribution in [2.75, 3.05) is 26.2 Å². The summed E-state index contributed by atoms with van der Waals surface area (Å²) in [6.07, 6.45) is -3.09. The Hall–Kier alpha value is -2.99. The molecule has 1 N–H and O–H groups in total. The number of aromatic nitrogens is 2. The number of benzene rings is 1. The minimum Gasteiger partial charge on any atom is -0.341 e. The Morgan fingerprint density at radius 1 is 1.21 bits per heavy atom. The van der Waals surface area contributed by atoms with Gasteiger partial charge in [0.25, 0.3) is 0 Å². The molecule has 1 aliphatic heterocycles. The Labute approximate surface area is 166 Å². The number of halogens is 3. The molecule has 9 heteroatoms. The van der Waals surface area contributed by atoms with Gasteiger partial charge in [0.2, 0.25) is 11.7 Å². The lowest BCUT2D eigenvalue weighted by Gasteiger charge is -2.19. The molecule has 1 saturated heterocycles. The molecule has 1 aromatic carbocycles. The zero-order valence-corrected chi connectivity index (χ0v) is 15.7. The number of hydrogen-bond acceptors (Lipinski definition) is 5. The van der Waals surface area contributed by atoms with E-state index in [1.165, 1.54) is 18.2 Å². The van der Waals surface area contributed by atoms with E-state index < -0.39 is 11.7 Å². The normalized spacial score (nSPS) is 14.9. The van der Waals surface area contributed by atoms with Crippen molar-refractivity contribution in [2.24, 2.45) is 0 Å². The van der Waals surface area contributed by atoms with Crippen LogP contribution in [0.4, 0.5) is 13.2 Å². The quantitative estimate of drug-likeness (QED) is 0.849. The van der Waals surface area contributed by atoms with Gasteiger partial charge in [0, 0.05) is 37.3 Å². The van der Waals surface area contributed by atoms with Crippen LogP contribution in [0.3, 0.4) is 0 Å². The molecule has 29 heavy (non-hydrogen) atoms. The molecule has 0 saturated carbocycles. The first-order chi connectivity index (χ1) is 13.9. The molecule has 0 spiro atoms. The van der Waals surface area contributed by atoms with Crippen molar-refractivity contribution in [2.45, 2.75) is 25.4 Å². The minimum atomic E-state index is -4.47. The molecule has 2 heterocycles. The molecule has 0 aliphatic carbocycles. The van der Waals surface area contributed by atoms with Crippen LogP contribution in [0.1, 0.15) is 29.9 Å². The van der Waals surface area contributed by atoms with E-state index in [2.05, 4.69) is 15.3 Å². The zero-order valence-electron chi connectivity index (χ0n) is 15.7. The maximum absolute atomic E-state index is 13.0. The van der Waals surface area contributed by atoms with Crippen molar-refractivity contribution < 1.29 is 18.0 Å². The fraction of sp³-hybridized carbons (Fsp3) is 0.400. The van der Waals surface area contributed by atoms with Gasteiger partial charge in [-0.15, -0.1) is 0 Å². The fourth-order valence-electron chi connectivity index (χ4n) is 3.17. The second-order valence-corrected chi connectivity index (χ2v) is 6.74. The standard InChI is InChI=1S/C20H20F3N5O/c21-20(22,23)15-4-1-3-14(11-15)17-12-16(26-18(13-24)27-17)5-6-19(29)28-9-2-7-25-8-10-28/h1,3-4,11-12,25H,2,5-10H2. The molecule has 0 atom stereocenters. The van der Waals surface area contributed by atoms with Gasteiger partial charge in [-0.3, -0.25) is 4.79 Å². The van der Waals surface area contributed by atoms with Gasteiger partial charge in [0.1, 0.15) is 6.07 Å². The maximum Gasteiger partial charge on any atom is 0.416 e. The number of alkyl halides is 3. The van der Waals surface area contributed by atoms with Gasteiger partial charge >= 0.3 is 6.18 Å². The Balaban J connectivity index is 1.79. The lowest BCUT2D eigenvalue weighted by atomic mass is 10.1. The summed E-state index contributed by atoms with van der Waals surface area (Å²) in [5.41, 5.74) is 0.123. The molecular weight excluding hydrogens is 383 g/mol. The summed E-state index contributed by atoms with van der Waals surface area (Å²) in [5.74, 6) is -0.146. The van der Waals surface area contributed by atoms with Crippen molar-refractivity contribution in [1.82, 2.24) is 20.2 Å². The van der Waals surface area contributed by atoms with E-state index in [0.29, 0.717) is 18.8 Å². The van der Waals surface area contributed by atoms with Crippen LogP contribution in [0.5, 0.6) is 0 Å². The van der Waals surface area contributed by atoms with Gasteiger partial charge in [0.15, 0.2) is 0 Å². The fourth-order valence-corrected chi connectivity index (χ4v) is 3.17. The molecule has 6 nitrogen and oxygen atoms in total. The zero-order chi connectivity index (χ0) is 20.9.